The van der Waals surface area contributed by atoms with Gasteiger partial charge in [0.2, 0.25) is 4.77 Å². The summed E-state index contributed by atoms with van der Waals surface area (Å²) in [4.78, 5) is 0. The van der Waals surface area contributed by atoms with Crippen LogP contribution in [0.25, 0.3) is 11.4 Å². The minimum Gasteiger partial charge on any atom is -0.493 e. The van der Waals surface area contributed by atoms with Crippen molar-refractivity contribution >= 4 is 18.4 Å². The van der Waals surface area contributed by atoms with Gasteiger partial charge in [-0.1, -0.05) is 6.07 Å². The molecule has 0 radical (unpaired) electrons. The summed E-state index contributed by atoms with van der Waals surface area (Å²) in [6.07, 6.45) is 1.80. The molecular weight excluding hydrogens is 360 g/mol. The summed E-state index contributed by atoms with van der Waals surface area (Å²) in [6.45, 7) is 6.26. The highest BCUT2D eigenvalue weighted by Gasteiger charge is 2.12. The largest absolute Gasteiger partial charge is 0.493 e. The van der Waals surface area contributed by atoms with Crippen LogP contribution in [0.3, 0.4) is 0 Å². The molecule has 3 aromatic rings. The van der Waals surface area contributed by atoms with Crippen LogP contribution in [0.1, 0.15) is 22.3 Å². The Morgan fingerprint density at radius 2 is 1.70 bits per heavy atom. The second-order valence-corrected chi connectivity index (χ2v) is 6.66. The van der Waals surface area contributed by atoms with Crippen molar-refractivity contribution in [1.29, 1.82) is 0 Å². The van der Waals surface area contributed by atoms with Gasteiger partial charge >= 0.3 is 0 Å². The standard InChI is InChI=1S/C20H22N4O2S/c1-12-8-14(3)16(9-13(12)2)11-21-24-19(22-23-20(24)27)15-6-7-17(25-4)18(10-15)26-5/h6-11H,1-5H3,(H,23,27)/b21-11-. The molecule has 0 amide bonds. The molecule has 0 fully saturated rings. The monoisotopic (exact) mass is 382 g/mol. The third-order valence-electron chi connectivity index (χ3n) is 4.49. The van der Waals surface area contributed by atoms with Gasteiger partial charge < -0.3 is 9.47 Å². The number of aromatic nitrogens is 3. The van der Waals surface area contributed by atoms with Crippen LogP contribution in [0, 0.1) is 25.5 Å². The predicted molar refractivity (Wildman–Crippen MR) is 110 cm³/mol. The molecule has 0 aliphatic rings. The molecule has 2 aromatic carbocycles. The van der Waals surface area contributed by atoms with Crippen LogP contribution in [0.2, 0.25) is 0 Å². The highest BCUT2D eigenvalue weighted by molar-refractivity contribution is 7.71. The Morgan fingerprint density at radius 1 is 1.00 bits per heavy atom. The smallest absolute Gasteiger partial charge is 0.216 e. The van der Waals surface area contributed by atoms with E-state index in [1.165, 1.54) is 11.1 Å². The van der Waals surface area contributed by atoms with Crippen molar-refractivity contribution in [3.8, 4) is 22.9 Å². The van der Waals surface area contributed by atoms with Crippen LogP contribution in [0.15, 0.2) is 35.4 Å². The summed E-state index contributed by atoms with van der Waals surface area (Å²) < 4.78 is 12.7. The van der Waals surface area contributed by atoms with Gasteiger partial charge in [-0.3, -0.25) is 0 Å². The number of aromatic amines is 1. The fraction of sp³-hybridized carbons (Fsp3) is 0.250. The summed E-state index contributed by atoms with van der Waals surface area (Å²) in [5, 5.41) is 11.7. The van der Waals surface area contributed by atoms with Gasteiger partial charge in [0.1, 0.15) is 0 Å². The van der Waals surface area contributed by atoms with Crippen molar-refractivity contribution in [2.75, 3.05) is 14.2 Å². The second-order valence-electron chi connectivity index (χ2n) is 6.27. The molecule has 6 nitrogen and oxygen atoms in total. The van der Waals surface area contributed by atoms with E-state index < -0.39 is 0 Å². The maximum atomic E-state index is 5.38. The molecule has 0 spiro atoms. The van der Waals surface area contributed by atoms with Crippen LogP contribution in [-0.2, 0) is 0 Å². The molecule has 1 N–H and O–H groups in total. The highest BCUT2D eigenvalue weighted by atomic mass is 32.1. The summed E-state index contributed by atoms with van der Waals surface area (Å²) in [6, 6.07) is 9.83. The van der Waals surface area contributed by atoms with E-state index >= 15 is 0 Å². The van der Waals surface area contributed by atoms with E-state index in [-0.39, 0.29) is 0 Å². The van der Waals surface area contributed by atoms with Crippen LogP contribution in [0.4, 0.5) is 0 Å². The summed E-state index contributed by atoms with van der Waals surface area (Å²) >= 11 is 5.35. The minimum atomic E-state index is 0.414. The van der Waals surface area contributed by atoms with Crippen LogP contribution < -0.4 is 9.47 Å². The normalized spacial score (nSPS) is 11.1. The number of benzene rings is 2. The van der Waals surface area contributed by atoms with E-state index in [9.17, 15) is 0 Å². The molecule has 140 valence electrons. The quantitative estimate of drug-likeness (QED) is 0.524. The molecule has 7 heteroatoms. The zero-order chi connectivity index (χ0) is 19.6. The van der Waals surface area contributed by atoms with Crippen molar-refractivity contribution in [2.24, 2.45) is 5.10 Å². The van der Waals surface area contributed by atoms with Gasteiger partial charge in [0.05, 0.1) is 20.4 Å². The lowest BCUT2D eigenvalue weighted by atomic mass is 10.0. The fourth-order valence-electron chi connectivity index (χ4n) is 2.80. The Kier molecular flexibility index (Phi) is 5.41. The number of methoxy groups -OCH3 is 2. The number of aryl methyl sites for hydroxylation is 3. The van der Waals surface area contributed by atoms with Crippen molar-refractivity contribution in [3.05, 3.63) is 57.4 Å². The molecular formula is C20H22N4O2S. The summed E-state index contributed by atoms with van der Waals surface area (Å²) in [7, 11) is 3.20. The fourth-order valence-corrected chi connectivity index (χ4v) is 2.98. The predicted octanol–water partition coefficient (Wildman–Crippen LogP) is 4.43. The molecule has 0 bridgehead atoms. The average Bonchev–Trinajstić information content (AvgIpc) is 3.03. The van der Waals surface area contributed by atoms with Gasteiger partial charge in [-0.05, 0) is 79.5 Å². The number of hydrogen-bond acceptors (Lipinski definition) is 5. The topological polar surface area (TPSA) is 64.4 Å². The Hall–Kier alpha value is -2.93. The van der Waals surface area contributed by atoms with Gasteiger partial charge in [-0.15, -0.1) is 0 Å². The van der Waals surface area contributed by atoms with Crippen molar-refractivity contribution in [1.82, 2.24) is 14.9 Å². The zero-order valence-electron chi connectivity index (χ0n) is 16.0. The van der Waals surface area contributed by atoms with Gasteiger partial charge in [-0.2, -0.15) is 14.9 Å². The molecule has 1 aromatic heterocycles. The van der Waals surface area contributed by atoms with Gasteiger partial charge in [-0.25, -0.2) is 5.10 Å². The number of ether oxygens (including phenoxy) is 2. The van der Waals surface area contributed by atoms with Gasteiger partial charge in [0, 0.05) is 5.56 Å². The van der Waals surface area contributed by atoms with E-state index in [1.807, 2.05) is 18.2 Å². The Morgan fingerprint density at radius 3 is 2.41 bits per heavy atom. The number of nitrogens with zero attached hydrogens (tertiary/aromatic N) is 3. The van der Waals surface area contributed by atoms with E-state index in [1.54, 1.807) is 25.1 Å². The van der Waals surface area contributed by atoms with Crippen LogP contribution in [0.5, 0.6) is 11.5 Å². The van der Waals surface area contributed by atoms with Crippen molar-refractivity contribution in [3.63, 3.8) is 0 Å². The number of hydrogen-bond donors (Lipinski definition) is 1. The maximum absolute atomic E-state index is 5.38. The highest BCUT2D eigenvalue weighted by Crippen LogP contribution is 2.31. The van der Waals surface area contributed by atoms with E-state index in [0.717, 1.165) is 16.7 Å². The Balaban J connectivity index is 2.04. The second kappa shape index (κ2) is 7.75. The zero-order valence-corrected chi connectivity index (χ0v) is 16.8. The third kappa shape index (κ3) is 3.78. The Bertz CT molecular complexity index is 1070. The van der Waals surface area contributed by atoms with Gasteiger partial charge in [0.15, 0.2) is 17.3 Å². The minimum absolute atomic E-state index is 0.414. The third-order valence-corrected chi connectivity index (χ3v) is 4.75. The lowest BCUT2D eigenvalue weighted by Crippen LogP contribution is -1.98. The molecule has 0 saturated heterocycles. The number of H-pyrrole nitrogens is 1. The first-order chi connectivity index (χ1) is 12.9. The van der Waals surface area contributed by atoms with Crippen molar-refractivity contribution in [2.45, 2.75) is 20.8 Å². The molecule has 0 atom stereocenters. The van der Waals surface area contributed by atoms with E-state index in [4.69, 9.17) is 21.7 Å². The number of rotatable bonds is 5. The molecule has 0 unspecified atom stereocenters. The lowest BCUT2D eigenvalue weighted by Gasteiger charge is -2.09. The lowest BCUT2D eigenvalue weighted by molar-refractivity contribution is 0.355. The first-order valence-corrected chi connectivity index (χ1v) is 8.87. The molecule has 3 rings (SSSR count). The summed E-state index contributed by atoms with van der Waals surface area (Å²) in [5.41, 5.74) is 5.49. The van der Waals surface area contributed by atoms with E-state index in [0.29, 0.717) is 22.1 Å². The molecule has 0 saturated carbocycles. The van der Waals surface area contributed by atoms with E-state index in [2.05, 4.69) is 48.2 Å². The molecule has 27 heavy (non-hydrogen) atoms. The van der Waals surface area contributed by atoms with Crippen molar-refractivity contribution < 1.29 is 9.47 Å². The summed E-state index contributed by atoms with van der Waals surface area (Å²) in [5.74, 6) is 1.86. The molecule has 1 heterocycles. The van der Waals surface area contributed by atoms with Crippen LogP contribution in [-0.4, -0.2) is 35.3 Å². The maximum Gasteiger partial charge on any atom is 0.216 e. The molecule has 0 aliphatic carbocycles. The SMILES string of the molecule is COc1ccc(-c2n[nH]c(=S)n2/N=C\c2cc(C)c(C)cc2C)cc1OC. The Labute approximate surface area is 163 Å². The molecule has 0 aliphatic heterocycles. The average molecular weight is 382 g/mol. The number of nitrogens with one attached hydrogen (secondary N) is 1. The first-order valence-electron chi connectivity index (χ1n) is 8.46. The van der Waals surface area contributed by atoms with Gasteiger partial charge in [0.25, 0.3) is 0 Å². The first kappa shape index (κ1) is 18.8. The van der Waals surface area contributed by atoms with Crippen LogP contribution >= 0.6 is 12.2 Å².